The van der Waals surface area contributed by atoms with Gasteiger partial charge in [-0.05, 0) is 43.8 Å². The second-order valence-corrected chi connectivity index (χ2v) is 6.53. The van der Waals surface area contributed by atoms with E-state index in [1.165, 1.54) is 51.4 Å². The minimum absolute atomic E-state index is 0.604. The van der Waals surface area contributed by atoms with Crippen LogP contribution in [-0.4, -0.2) is 36.3 Å². The van der Waals surface area contributed by atoms with Crippen LogP contribution in [0, 0.1) is 5.92 Å². The van der Waals surface area contributed by atoms with Crippen LogP contribution in [-0.2, 0) is 6.42 Å². The highest BCUT2D eigenvalue weighted by atomic mass is 16.5. The number of nitrogens with one attached hydrogen (secondary N) is 1. The quantitative estimate of drug-likeness (QED) is 0.925. The van der Waals surface area contributed by atoms with Gasteiger partial charge < -0.3 is 14.7 Å². The zero-order valence-corrected chi connectivity index (χ0v) is 13.2. The van der Waals surface area contributed by atoms with Crippen LogP contribution in [0.5, 0.6) is 0 Å². The van der Waals surface area contributed by atoms with Crippen molar-refractivity contribution in [3.05, 3.63) is 5.89 Å². The normalized spacial score (nSPS) is 27.6. The van der Waals surface area contributed by atoms with Gasteiger partial charge in [0, 0.05) is 25.6 Å². The summed E-state index contributed by atoms with van der Waals surface area (Å²) in [6, 6.07) is 0.604. The van der Waals surface area contributed by atoms with Crippen LogP contribution in [0.15, 0.2) is 4.52 Å². The lowest BCUT2D eigenvalue weighted by molar-refractivity contribution is 0.248. The first-order valence-electron chi connectivity index (χ1n) is 8.61. The van der Waals surface area contributed by atoms with Crippen LogP contribution < -0.4 is 10.2 Å². The monoisotopic (exact) mass is 292 g/mol. The van der Waals surface area contributed by atoms with Crippen LogP contribution in [0.2, 0.25) is 0 Å². The lowest BCUT2D eigenvalue weighted by Gasteiger charge is -2.30. The fourth-order valence-corrected chi connectivity index (χ4v) is 3.78. The molecule has 5 nitrogen and oxygen atoms in total. The number of hydrogen-bond donors (Lipinski definition) is 1. The van der Waals surface area contributed by atoms with E-state index < -0.39 is 0 Å². The number of aromatic nitrogens is 2. The molecule has 2 atom stereocenters. The molecule has 2 aliphatic rings. The molecule has 0 spiro atoms. The molecule has 118 valence electrons. The van der Waals surface area contributed by atoms with Gasteiger partial charge in [0.25, 0.3) is 5.95 Å². The number of anilines is 1. The largest absolute Gasteiger partial charge is 0.338 e. The molecule has 2 unspecified atom stereocenters. The Balaban J connectivity index is 1.61. The molecule has 1 aliphatic carbocycles. The highest BCUT2D eigenvalue weighted by Gasteiger charge is 2.26. The maximum absolute atomic E-state index is 5.52. The van der Waals surface area contributed by atoms with Crippen LogP contribution in [0.3, 0.4) is 0 Å². The average molecular weight is 292 g/mol. The highest BCUT2D eigenvalue weighted by molar-refractivity contribution is 5.27. The van der Waals surface area contributed by atoms with Crippen molar-refractivity contribution >= 4 is 5.95 Å². The van der Waals surface area contributed by atoms with E-state index in [2.05, 4.69) is 27.4 Å². The SMILES string of the molecule is CNC1CCCCC1Cc1nc(N2CCCCCC2)no1. The Bertz CT molecular complexity index is 426. The summed E-state index contributed by atoms with van der Waals surface area (Å²) in [7, 11) is 2.07. The highest BCUT2D eigenvalue weighted by Crippen LogP contribution is 2.27. The average Bonchev–Trinajstić information content (AvgIpc) is 2.81. The first-order chi connectivity index (χ1) is 10.4. The van der Waals surface area contributed by atoms with Crippen LogP contribution in [0.25, 0.3) is 0 Å². The Morgan fingerprint density at radius 2 is 1.86 bits per heavy atom. The Labute approximate surface area is 127 Å². The minimum atomic E-state index is 0.604. The molecule has 0 radical (unpaired) electrons. The third-order valence-electron chi connectivity index (χ3n) is 5.06. The third-order valence-corrected chi connectivity index (χ3v) is 5.06. The van der Waals surface area contributed by atoms with Crippen LogP contribution >= 0.6 is 0 Å². The fraction of sp³-hybridized carbons (Fsp3) is 0.875. The Morgan fingerprint density at radius 1 is 1.10 bits per heavy atom. The molecule has 1 aromatic heterocycles. The van der Waals surface area contributed by atoms with Crippen molar-refractivity contribution in [1.82, 2.24) is 15.5 Å². The first-order valence-corrected chi connectivity index (χ1v) is 8.61. The Kier molecular flexibility index (Phi) is 5.12. The predicted octanol–water partition coefficient (Wildman–Crippen LogP) is 2.77. The van der Waals surface area contributed by atoms with Gasteiger partial charge in [-0.15, -0.1) is 0 Å². The molecule has 1 saturated carbocycles. The number of nitrogens with zero attached hydrogens (tertiary/aromatic N) is 3. The molecule has 1 N–H and O–H groups in total. The lowest BCUT2D eigenvalue weighted by atomic mass is 9.82. The van der Waals surface area contributed by atoms with Gasteiger partial charge in [0.1, 0.15) is 0 Å². The second kappa shape index (κ2) is 7.25. The molecule has 0 aromatic carbocycles. The van der Waals surface area contributed by atoms with E-state index in [-0.39, 0.29) is 0 Å². The third kappa shape index (κ3) is 3.76. The summed E-state index contributed by atoms with van der Waals surface area (Å²) in [6.07, 6.45) is 11.3. The number of hydrogen-bond acceptors (Lipinski definition) is 5. The Morgan fingerprint density at radius 3 is 2.62 bits per heavy atom. The van der Waals surface area contributed by atoms with Gasteiger partial charge in [-0.25, -0.2) is 0 Å². The predicted molar refractivity (Wildman–Crippen MR) is 83.5 cm³/mol. The summed E-state index contributed by atoms with van der Waals surface area (Å²) in [6.45, 7) is 2.14. The summed E-state index contributed by atoms with van der Waals surface area (Å²) in [5.74, 6) is 2.27. The minimum Gasteiger partial charge on any atom is -0.338 e. The second-order valence-electron chi connectivity index (χ2n) is 6.53. The van der Waals surface area contributed by atoms with Gasteiger partial charge in [-0.2, -0.15) is 4.98 Å². The molecule has 1 saturated heterocycles. The molecule has 5 heteroatoms. The van der Waals surface area contributed by atoms with Crippen molar-refractivity contribution in [2.24, 2.45) is 5.92 Å². The van der Waals surface area contributed by atoms with Gasteiger partial charge in [-0.1, -0.05) is 25.7 Å². The van der Waals surface area contributed by atoms with Crippen LogP contribution in [0.4, 0.5) is 5.95 Å². The maximum Gasteiger partial charge on any atom is 0.266 e. The van der Waals surface area contributed by atoms with E-state index in [0.29, 0.717) is 12.0 Å². The molecule has 1 aromatic rings. The van der Waals surface area contributed by atoms with E-state index in [4.69, 9.17) is 4.52 Å². The van der Waals surface area contributed by atoms with Gasteiger partial charge in [0.05, 0.1) is 0 Å². The van der Waals surface area contributed by atoms with Gasteiger partial charge in [0.2, 0.25) is 5.89 Å². The topological polar surface area (TPSA) is 54.2 Å². The van der Waals surface area contributed by atoms with Crippen molar-refractivity contribution in [3.8, 4) is 0 Å². The summed E-state index contributed by atoms with van der Waals surface area (Å²) < 4.78 is 5.52. The molecular formula is C16H28N4O. The summed E-state index contributed by atoms with van der Waals surface area (Å²) in [5, 5.41) is 7.67. The van der Waals surface area contributed by atoms with E-state index in [9.17, 15) is 0 Å². The molecule has 1 aliphatic heterocycles. The molecule has 21 heavy (non-hydrogen) atoms. The number of rotatable bonds is 4. The van der Waals surface area contributed by atoms with Gasteiger partial charge in [0.15, 0.2) is 0 Å². The maximum atomic E-state index is 5.52. The smallest absolute Gasteiger partial charge is 0.266 e. The summed E-state index contributed by atoms with van der Waals surface area (Å²) >= 11 is 0. The van der Waals surface area contributed by atoms with Crippen molar-refractivity contribution in [2.45, 2.75) is 63.8 Å². The first kappa shape index (κ1) is 14.8. The summed E-state index contributed by atoms with van der Waals surface area (Å²) in [5.41, 5.74) is 0. The van der Waals surface area contributed by atoms with Crippen LogP contribution in [0.1, 0.15) is 57.3 Å². The van der Waals surface area contributed by atoms with E-state index in [1.54, 1.807) is 0 Å². The summed E-state index contributed by atoms with van der Waals surface area (Å²) in [4.78, 5) is 6.95. The molecular weight excluding hydrogens is 264 g/mol. The van der Waals surface area contributed by atoms with Crippen molar-refractivity contribution < 1.29 is 4.52 Å². The van der Waals surface area contributed by atoms with Crippen molar-refractivity contribution in [3.63, 3.8) is 0 Å². The van der Waals surface area contributed by atoms with E-state index >= 15 is 0 Å². The standard InChI is InChI=1S/C16H28N4O/c1-17-14-9-5-4-8-13(14)12-15-18-16(19-21-15)20-10-6-2-3-7-11-20/h13-14,17H,2-12H2,1H3. The molecule has 2 heterocycles. The lowest BCUT2D eigenvalue weighted by Crippen LogP contribution is -2.37. The molecule has 0 amide bonds. The fourth-order valence-electron chi connectivity index (χ4n) is 3.78. The van der Waals surface area contributed by atoms with Crippen molar-refractivity contribution in [2.75, 3.05) is 25.0 Å². The molecule has 2 fully saturated rings. The molecule has 3 rings (SSSR count). The zero-order chi connectivity index (χ0) is 14.5. The van der Waals surface area contributed by atoms with Crippen molar-refractivity contribution in [1.29, 1.82) is 0 Å². The van der Waals surface area contributed by atoms with E-state index in [1.807, 2.05) is 0 Å². The van der Waals surface area contributed by atoms with Gasteiger partial charge in [-0.3, -0.25) is 0 Å². The Hall–Kier alpha value is -1.10. The molecule has 0 bridgehead atoms. The van der Waals surface area contributed by atoms with Gasteiger partial charge >= 0.3 is 0 Å². The zero-order valence-electron chi connectivity index (χ0n) is 13.2. The van der Waals surface area contributed by atoms with E-state index in [0.717, 1.165) is 31.3 Å².